The summed E-state index contributed by atoms with van der Waals surface area (Å²) < 4.78 is 1.90. The lowest BCUT2D eigenvalue weighted by atomic mass is 10.2. The maximum Gasteiger partial charge on any atom is 0.318 e. The second kappa shape index (κ2) is 7.03. The van der Waals surface area contributed by atoms with Crippen LogP contribution in [0, 0.1) is 0 Å². The molecule has 2 aromatic rings. The molecule has 3 amide bonds. The second-order valence-electron chi connectivity index (χ2n) is 4.40. The van der Waals surface area contributed by atoms with Gasteiger partial charge in [-0.3, -0.25) is 15.1 Å². The van der Waals surface area contributed by atoms with Crippen LogP contribution in [-0.2, 0) is 11.3 Å². The predicted molar refractivity (Wildman–Crippen MR) is 82.0 cm³/mol. The number of amides is 3. The number of nitrogens with one attached hydrogen (secondary N) is 1. The molecular weight excluding hydrogens is 304 g/mol. The van der Waals surface area contributed by atoms with E-state index in [2.05, 4.69) is 20.5 Å². The Labute approximate surface area is 131 Å². The van der Waals surface area contributed by atoms with Crippen LogP contribution in [0.3, 0.4) is 0 Å². The molecule has 8 nitrogen and oxygen atoms in total. The number of carbonyl (C=O) groups is 2. The zero-order valence-electron chi connectivity index (χ0n) is 12.2. The number of carbonyl (C=O) groups excluding carboxylic acids is 2. The van der Waals surface area contributed by atoms with E-state index in [-0.39, 0.29) is 0 Å². The normalized spacial score (nSPS) is 11.9. The van der Waals surface area contributed by atoms with Gasteiger partial charge < -0.3 is 10.3 Å². The van der Waals surface area contributed by atoms with Crippen LogP contribution >= 0.6 is 11.8 Å². The molecule has 0 aliphatic heterocycles. The molecule has 0 bridgehead atoms. The average Bonchev–Trinajstić information content (AvgIpc) is 2.90. The quantitative estimate of drug-likeness (QED) is 0.795. The first-order chi connectivity index (χ1) is 10.5. The zero-order chi connectivity index (χ0) is 16.1. The number of imide groups is 1. The number of hydrogen-bond acceptors (Lipinski definition) is 6. The minimum Gasteiger partial charge on any atom is -0.351 e. The van der Waals surface area contributed by atoms with Gasteiger partial charge in [0.1, 0.15) is 0 Å². The first-order valence-electron chi connectivity index (χ1n) is 6.63. The van der Waals surface area contributed by atoms with Crippen LogP contribution in [0.25, 0.3) is 11.4 Å². The third kappa shape index (κ3) is 3.61. The lowest BCUT2D eigenvalue weighted by Gasteiger charge is -2.11. The van der Waals surface area contributed by atoms with Gasteiger partial charge in [-0.15, -0.1) is 10.2 Å². The number of primary amides is 1. The van der Waals surface area contributed by atoms with Crippen molar-refractivity contribution in [2.24, 2.45) is 5.73 Å². The Morgan fingerprint density at radius 1 is 1.36 bits per heavy atom. The molecular formula is C13H16N6O2S. The Kier molecular flexibility index (Phi) is 5.10. The monoisotopic (exact) mass is 320 g/mol. The maximum atomic E-state index is 11.7. The third-order valence-electron chi connectivity index (χ3n) is 2.87. The van der Waals surface area contributed by atoms with E-state index in [4.69, 9.17) is 5.73 Å². The predicted octanol–water partition coefficient (Wildman–Crippen LogP) is 1.04. The molecule has 0 fully saturated rings. The van der Waals surface area contributed by atoms with Crippen molar-refractivity contribution in [2.45, 2.75) is 30.8 Å². The van der Waals surface area contributed by atoms with Gasteiger partial charge in [0, 0.05) is 24.5 Å². The summed E-state index contributed by atoms with van der Waals surface area (Å²) in [5, 5.41) is 10.4. The number of pyridine rings is 1. The molecule has 1 atom stereocenters. The van der Waals surface area contributed by atoms with Gasteiger partial charge in [-0.25, -0.2) is 4.79 Å². The molecule has 22 heavy (non-hydrogen) atoms. The summed E-state index contributed by atoms with van der Waals surface area (Å²) in [6.07, 6.45) is 3.36. The highest BCUT2D eigenvalue weighted by molar-refractivity contribution is 8.00. The van der Waals surface area contributed by atoms with Crippen LogP contribution in [0.2, 0.25) is 0 Å². The lowest BCUT2D eigenvalue weighted by Crippen LogP contribution is -2.39. The van der Waals surface area contributed by atoms with Gasteiger partial charge in [-0.05, 0) is 26.0 Å². The Bertz CT molecular complexity index is 672. The smallest absolute Gasteiger partial charge is 0.318 e. The van der Waals surface area contributed by atoms with Crippen LogP contribution in [0.5, 0.6) is 0 Å². The fourth-order valence-corrected chi connectivity index (χ4v) is 2.72. The first-order valence-corrected chi connectivity index (χ1v) is 7.51. The summed E-state index contributed by atoms with van der Waals surface area (Å²) in [5.41, 5.74) is 5.84. The Morgan fingerprint density at radius 2 is 2.05 bits per heavy atom. The SMILES string of the molecule is CCn1c(S[C@H](C)C(=O)NC(N)=O)nnc1-c1ccncc1. The van der Waals surface area contributed by atoms with Crippen molar-refractivity contribution in [2.75, 3.05) is 0 Å². The molecule has 0 aliphatic carbocycles. The van der Waals surface area contributed by atoms with Crippen LogP contribution in [0.4, 0.5) is 4.79 Å². The highest BCUT2D eigenvalue weighted by Crippen LogP contribution is 2.26. The Hall–Kier alpha value is -2.42. The van der Waals surface area contributed by atoms with E-state index in [1.165, 1.54) is 11.8 Å². The number of thioether (sulfide) groups is 1. The minimum absolute atomic E-state index is 0.464. The maximum absolute atomic E-state index is 11.7. The van der Waals surface area contributed by atoms with Crippen molar-refractivity contribution >= 4 is 23.7 Å². The molecule has 0 spiro atoms. The molecule has 0 aliphatic rings. The fourth-order valence-electron chi connectivity index (χ4n) is 1.81. The third-order valence-corrected chi connectivity index (χ3v) is 3.95. The molecule has 2 heterocycles. The van der Waals surface area contributed by atoms with Crippen molar-refractivity contribution in [1.29, 1.82) is 0 Å². The van der Waals surface area contributed by atoms with E-state index in [0.29, 0.717) is 17.5 Å². The van der Waals surface area contributed by atoms with Gasteiger partial charge in [0.15, 0.2) is 11.0 Å². The minimum atomic E-state index is -0.869. The Morgan fingerprint density at radius 3 is 2.64 bits per heavy atom. The average molecular weight is 320 g/mol. The van der Waals surface area contributed by atoms with Gasteiger partial charge in [0.05, 0.1) is 5.25 Å². The van der Waals surface area contributed by atoms with E-state index in [1.54, 1.807) is 19.3 Å². The molecule has 0 saturated carbocycles. The summed E-state index contributed by atoms with van der Waals surface area (Å²) in [5.74, 6) is 0.239. The number of urea groups is 1. The largest absolute Gasteiger partial charge is 0.351 e. The van der Waals surface area contributed by atoms with Crippen molar-refractivity contribution in [1.82, 2.24) is 25.1 Å². The van der Waals surface area contributed by atoms with Gasteiger partial charge >= 0.3 is 6.03 Å². The zero-order valence-corrected chi connectivity index (χ0v) is 13.0. The van der Waals surface area contributed by atoms with Crippen molar-refractivity contribution in [3.8, 4) is 11.4 Å². The van der Waals surface area contributed by atoms with Crippen molar-refractivity contribution in [3.05, 3.63) is 24.5 Å². The summed E-state index contributed by atoms with van der Waals surface area (Å²) >= 11 is 1.21. The van der Waals surface area contributed by atoms with Crippen LogP contribution in [0.15, 0.2) is 29.7 Å². The summed E-state index contributed by atoms with van der Waals surface area (Å²) in [6, 6.07) is 2.81. The number of rotatable bonds is 5. The fraction of sp³-hybridized carbons (Fsp3) is 0.308. The number of nitrogens with zero attached hydrogens (tertiary/aromatic N) is 4. The van der Waals surface area contributed by atoms with Gasteiger partial charge in [-0.2, -0.15) is 0 Å². The van der Waals surface area contributed by atoms with E-state index in [1.807, 2.05) is 23.6 Å². The Balaban J connectivity index is 2.21. The molecule has 0 unspecified atom stereocenters. The molecule has 2 aromatic heterocycles. The molecule has 116 valence electrons. The van der Waals surface area contributed by atoms with E-state index in [9.17, 15) is 9.59 Å². The topological polar surface area (TPSA) is 116 Å². The van der Waals surface area contributed by atoms with Crippen LogP contribution in [0.1, 0.15) is 13.8 Å². The van der Waals surface area contributed by atoms with Gasteiger partial charge in [0.25, 0.3) is 0 Å². The molecule has 9 heteroatoms. The number of nitrogens with two attached hydrogens (primary N) is 1. The van der Waals surface area contributed by atoms with Crippen molar-refractivity contribution < 1.29 is 9.59 Å². The molecule has 2 rings (SSSR count). The highest BCUT2D eigenvalue weighted by Gasteiger charge is 2.20. The highest BCUT2D eigenvalue weighted by atomic mass is 32.2. The standard InChI is InChI=1S/C13H16N6O2S/c1-3-19-10(9-4-6-15-7-5-9)17-18-13(19)22-8(2)11(20)16-12(14)21/h4-8H,3H2,1-2H3,(H3,14,16,20,21)/t8-/m1/s1. The second-order valence-corrected chi connectivity index (χ2v) is 5.71. The van der Waals surface area contributed by atoms with E-state index < -0.39 is 17.2 Å². The first kappa shape index (κ1) is 16.0. The molecule has 3 N–H and O–H groups in total. The molecule has 0 aromatic carbocycles. The van der Waals surface area contributed by atoms with Crippen molar-refractivity contribution in [3.63, 3.8) is 0 Å². The van der Waals surface area contributed by atoms with Gasteiger partial charge in [0.2, 0.25) is 5.91 Å². The van der Waals surface area contributed by atoms with E-state index >= 15 is 0 Å². The number of aromatic nitrogens is 4. The molecule has 0 saturated heterocycles. The molecule has 0 radical (unpaired) electrons. The summed E-state index contributed by atoms with van der Waals surface area (Å²) in [7, 11) is 0. The van der Waals surface area contributed by atoms with Crippen LogP contribution < -0.4 is 11.1 Å². The van der Waals surface area contributed by atoms with E-state index in [0.717, 1.165) is 5.56 Å². The summed E-state index contributed by atoms with van der Waals surface area (Å²) in [4.78, 5) is 26.4. The lowest BCUT2D eigenvalue weighted by molar-refractivity contribution is -0.119. The summed E-state index contributed by atoms with van der Waals surface area (Å²) in [6.45, 7) is 4.28. The van der Waals surface area contributed by atoms with Crippen LogP contribution in [-0.4, -0.2) is 36.9 Å². The van der Waals surface area contributed by atoms with Gasteiger partial charge in [-0.1, -0.05) is 11.8 Å². The number of hydrogen-bond donors (Lipinski definition) is 2.